The molecule has 0 saturated heterocycles. The number of pyridine rings is 1. The fraction of sp³-hybridized carbons (Fsp3) is 0.333. The number of carbonyl (C=O) groups is 1. The number of benzene rings is 1. The standard InChI is InChI=1S/C24H26F2IN6O3PS/c1-11-8-18(36-12(11)2)14-6-7-15(17(9-14)33(35)38-3)28-16-10-19(30-24(34)13-4-5-13)29-22-20(16)31-23(21(25)26)32(22)37-27/h6-10,13,21,23,31,35,37H,4-5H2,1-3H3,(H2,28,29,30,34). The van der Waals surface area contributed by atoms with Gasteiger partial charge in [0.2, 0.25) is 5.91 Å². The van der Waals surface area contributed by atoms with Gasteiger partial charge < -0.3 is 25.0 Å². The van der Waals surface area contributed by atoms with Crippen LogP contribution in [0.15, 0.2) is 34.7 Å². The largest absolute Gasteiger partial charge is 0.461 e. The number of alkyl halides is 2. The first-order valence-electron chi connectivity index (χ1n) is 11.8. The van der Waals surface area contributed by atoms with Gasteiger partial charge in [-0.3, -0.25) is 10.0 Å². The Hall–Kier alpha value is -2.35. The summed E-state index contributed by atoms with van der Waals surface area (Å²) in [5.74, 6) is 1.88. The van der Waals surface area contributed by atoms with Crippen LogP contribution in [0.5, 0.6) is 0 Å². The van der Waals surface area contributed by atoms with E-state index in [0.717, 1.165) is 46.1 Å². The molecule has 0 spiro atoms. The number of nitrogens with zero attached hydrogens (tertiary/aromatic N) is 3. The van der Waals surface area contributed by atoms with Crippen molar-refractivity contribution in [2.45, 2.75) is 39.3 Å². The molecule has 0 bridgehead atoms. The van der Waals surface area contributed by atoms with Gasteiger partial charge in [0.15, 0.2) is 12.0 Å². The van der Waals surface area contributed by atoms with Gasteiger partial charge in [0.25, 0.3) is 6.43 Å². The van der Waals surface area contributed by atoms with Crippen LogP contribution < -0.4 is 25.1 Å². The summed E-state index contributed by atoms with van der Waals surface area (Å²) in [6, 6.07) is 8.96. The summed E-state index contributed by atoms with van der Waals surface area (Å²) in [4.78, 5) is 17.0. The highest BCUT2D eigenvalue weighted by Gasteiger charge is 2.38. The number of rotatable bonds is 9. The molecule has 9 nitrogen and oxygen atoms in total. The van der Waals surface area contributed by atoms with Crippen LogP contribution in [-0.4, -0.2) is 34.9 Å². The summed E-state index contributed by atoms with van der Waals surface area (Å²) in [5, 5.41) is 19.7. The number of halogens is 3. The third-order valence-corrected chi connectivity index (χ3v) is 9.20. The molecule has 1 aliphatic carbocycles. The van der Waals surface area contributed by atoms with Crippen molar-refractivity contribution in [3.63, 3.8) is 0 Å². The second-order valence-electron chi connectivity index (χ2n) is 9.06. The Morgan fingerprint density at radius 3 is 2.68 bits per heavy atom. The number of amides is 1. The predicted molar refractivity (Wildman–Crippen MR) is 159 cm³/mol. The molecule has 3 heterocycles. The minimum Gasteiger partial charge on any atom is -0.461 e. The number of anilines is 6. The van der Waals surface area contributed by atoms with Gasteiger partial charge >= 0.3 is 0 Å². The fourth-order valence-corrected chi connectivity index (χ4v) is 6.56. The summed E-state index contributed by atoms with van der Waals surface area (Å²) < 4.78 is 36.2. The van der Waals surface area contributed by atoms with Gasteiger partial charge in [-0.2, -0.15) is 4.47 Å². The SMILES string of the molecule is CSN(O)c1cc(-c2cc(C)c(C)o2)ccc1Nc1cc(NC(=O)C2CC2)nc2c1NC(C(F)F)N2PI. The van der Waals surface area contributed by atoms with Crippen molar-refractivity contribution < 1.29 is 23.2 Å². The minimum atomic E-state index is -2.66. The van der Waals surface area contributed by atoms with Crippen molar-refractivity contribution in [3.05, 3.63) is 41.7 Å². The molecular weight excluding hydrogens is 648 g/mol. The zero-order valence-electron chi connectivity index (χ0n) is 20.7. The van der Waals surface area contributed by atoms with E-state index in [2.05, 4.69) is 20.9 Å². The Morgan fingerprint density at radius 2 is 2.08 bits per heavy atom. The Morgan fingerprint density at radius 1 is 1.32 bits per heavy atom. The third kappa shape index (κ3) is 5.38. The van der Waals surface area contributed by atoms with E-state index in [-0.39, 0.29) is 24.0 Å². The topological polar surface area (TPSA) is 106 Å². The van der Waals surface area contributed by atoms with Crippen LogP contribution in [0, 0.1) is 19.8 Å². The lowest BCUT2D eigenvalue weighted by atomic mass is 10.1. The molecule has 14 heteroatoms. The molecule has 38 heavy (non-hydrogen) atoms. The van der Waals surface area contributed by atoms with Gasteiger partial charge in [-0.1, -0.05) is 0 Å². The van der Waals surface area contributed by atoms with Gasteiger partial charge in [-0.15, -0.1) is 0 Å². The maximum atomic E-state index is 13.9. The van der Waals surface area contributed by atoms with Crippen molar-refractivity contribution >= 4 is 80.7 Å². The van der Waals surface area contributed by atoms with E-state index in [4.69, 9.17) is 4.42 Å². The predicted octanol–water partition coefficient (Wildman–Crippen LogP) is 7.29. The molecule has 2 aromatic heterocycles. The molecule has 1 aromatic carbocycles. The van der Waals surface area contributed by atoms with Crippen molar-refractivity contribution in [2.24, 2.45) is 5.92 Å². The quantitative estimate of drug-likeness (QED) is 0.0806. The van der Waals surface area contributed by atoms with E-state index >= 15 is 0 Å². The maximum absolute atomic E-state index is 13.9. The molecule has 1 saturated carbocycles. The highest BCUT2D eigenvalue weighted by molar-refractivity contribution is 14.2. The molecule has 5 rings (SSSR count). The number of nitrogens with one attached hydrogen (secondary N) is 3. The zero-order valence-corrected chi connectivity index (χ0v) is 24.7. The average Bonchev–Trinajstić information content (AvgIpc) is 3.60. The van der Waals surface area contributed by atoms with E-state index in [1.807, 2.05) is 48.0 Å². The Balaban J connectivity index is 1.56. The van der Waals surface area contributed by atoms with Crippen molar-refractivity contribution in [3.8, 4) is 11.3 Å². The molecule has 0 radical (unpaired) electrons. The third-order valence-electron chi connectivity index (χ3n) is 6.42. The summed E-state index contributed by atoms with van der Waals surface area (Å²) in [6.45, 7) is 3.85. The zero-order chi connectivity index (χ0) is 27.1. The van der Waals surface area contributed by atoms with Crippen LogP contribution in [0.1, 0.15) is 24.2 Å². The Kier molecular flexibility index (Phi) is 7.90. The smallest absolute Gasteiger partial charge is 0.277 e. The minimum absolute atomic E-state index is 0.0117. The molecule has 1 fully saturated rings. The molecule has 4 N–H and O–H groups in total. The first-order chi connectivity index (χ1) is 18.2. The van der Waals surface area contributed by atoms with Gasteiger partial charge in [-0.05, 0) is 90.5 Å². The van der Waals surface area contributed by atoms with Crippen molar-refractivity contribution in [2.75, 3.05) is 31.3 Å². The number of aryl methyl sites for hydroxylation is 2. The van der Waals surface area contributed by atoms with E-state index < -0.39 is 12.6 Å². The summed E-state index contributed by atoms with van der Waals surface area (Å²) >= 11 is 3.14. The summed E-state index contributed by atoms with van der Waals surface area (Å²) in [5.41, 5.74) is 3.57. The number of fused-ring (bicyclic) bond motifs is 1. The van der Waals surface area contributed by atoms with Crippen molar-refractivity contribution in [1.82, 2.24) is 4.98 Å². The number of hydrogen-bond acceptors (Lipinski definition) is 9. The van der Waals surface area contributed by atoms with E-state index in [1.165, 1.54) is 4.67 Å². The fourth-order valence-electron chi connectivity index (χ4n) is 4.10. The Bertz CT molecular complexity index is 1360. The molecule has 2 unspecified atom stereocenters. The molecule has 2 atom stereocenters. The number of carbonyl (C=O) groups excluding carboxylic acids is 1. The molecule has 1 aliphatic heterocycles. The van der Waals surface area contributed by atoms with Gasteiger partial charge in [0.1, 0.15) is 28.7 Å². The summed E-state index contributed by atoms with van der Waals surface area (Å²) in [7, 11) is 0. The number of aromatic nitrogens is 1. The number of furan rings is 1. The molecule has 3 aromatic rings. The second-order valence-corrected chi connectivity index (χ2v) is 11.9. The van der Waals surface area contributed by atoms with Crippen LogP contribution in [-0.2, 0) is 4.79 Å². The molecule has 202 valence electrons. The van der Waals surface area contributed by atoms with Gasteiger partial charge in [-0.25, -0.2) is 13.8 Å². The molecule has 1 amide bonds. The Labute approximate surface area is 237 Å². The highest BCUT2D eigenvalue weighted by atomic mass is 127. The summed E-state index contributed by atoms with van der Waals surface area (Å²) in [6.07, 6.45) is -0.560. The maximum Gasteiger partial charge on any atom is 0.277 e. The van der Waals surface area contributed by atoms with Crippen LogP contribution in [0.2, 0.25) is 0 Å². The van der Waals surface area contributed by atoms with E-state index in [1.54, 1.807) is 24.5 Å². The van der Waals surface area contributed by atoms with E-state index in [9.17, 15) is 18.8 Å². The highest BCUT2D eigenvalue weighted by Crippen LogP contribution is 2.50. The van der Waals surface area contributed by atoms with Crippen LogP contribution in [0.25, 0.3) is 11.3 Å². The second kappa shape index (κ2) is 11.0. The molecule has 2 aliphatic rings. The molecular formula is C24H26F2IN6O3PS. The lowest BCUT2D eigenvalue weighted by Crippen LogP contribution is -2.35. The lowest BCUT2D eigenvalue weighted by molar-refractivity contribution is -0.117. The monoisotopic (exact) mass is 674 g/mol. The lowest BCUT2D eigenvalue weighted by Gasteiger charge is -2.22. The van der Waals surface area contributed by atoms with Gasteiger partial charge in [0.05, 0.1) is 11.4 Å². The van der Waals surface area contributed by atoms with Crippen LogP contribution in [0.4, 0.5) is 43.2 Å². The normalized spacial score (nSPS) is 16.7. The first-order valence-corrected chi connectivity index (χ1v) is 17.0. The van der Waals surface area contributed by atoms with E-state index in [0.29, 0.717) is 34.3 Å². The average molecular weight is 674 g/mol. The number of hydrogen-bond donors (Lipinski definition) is 4. The van der Waals surface area contributed by atoms with Gasteiger partial charge in [0, 0.05) is 30.2 Å². The van der Waals surface area contributed by atoms with Crippen LogP contribution >= 0.6 is 40.4 Å². The van der Waals surface area contributed by atoms with Crippen molar-refractivity contribution in [1.29, 1.82) is 0 Å². The first kappa shape index (κ1) is 27.2. The van der Waals surface area contributed by atoms with Crippen LogP contribution in [0.3, 0.4) is 0 Å².